The Bertz CT molecular complexity index is 218. The Balaban J connectivity index is 4.12. The van der Waals surface area contributed by atoms with E-state index in [1.165, 1.54) is 0 Å². The van der Waals surface area contributed by atoms with Crippen LogP contribution < -0.4 is 0 Å². The predicted octanol–water partition coefficient (Wildman–Crippen LogP) is 3.84. The monoisotopic (exact) mass is 306 g/mol. The molecule has 0 aliphatic rings. The second-order valence-electron chi connectivity index (χ2n) is 3.53. The van der Waals surface area contributed by atoms with Crippen molar-refractivity contribution in [1.82, 2.24) is 0 Å². The fourth-order valence-electron chi connectivity index (χ4n) is 1.24. The van der Waals surface area contributed by atoms with E-state index in [2.05, 4.69) is 48.2 Å². The average molecular weight is 306 g/mol. The molecule has 0 amide bonds. The van der Waals surface area contributed by atoms with Crippen molar-refractivity contribution in [3.05, 3.63) is 34.5 Å². The molecule has 0 aliphatic carbocycles. The fraction of sp³-hybridized carbons (Fsp3) is 0.500. The van der Waals surface area contributed by atoms with Crippen LogP contribution in [0.2, 0.25) is 0 Å². The first-order chi connectivity index (χ1) is 6.61. The molecule has 0 rings (SSSR count). The van der Waals surface area contributed by atoms with Crippen molar-refractivity contribution < 1.29 is 5.11 Å². The summed E-state index contributed by atoms with van der Waals surface area (Å²) in [4.78, 5) is 0. The maximum atomic E-state index is 9.63. The zero-order valence-electron chi connectivity index (χ0n) is 8.91. The van der Waals surface area contributed by atoms with Crippen LogP contribution in [0.5, 0.6) is 0 Å². The van der Waals surface area contributed by atoms with E-state index in [0.29, 0.717) is 12.3 Å². The molecule has 0 fully saturated rings. The molecule has 0 radical (unpaired) electrons. The maximum absolute atomic E-state index is 9.63. The van der Waals surface area contributed by atoms with Crippen LogP contribution in [0.1, 0.15) is 26.7 Å². The van der Waals surface area contributed by atoms with Gasteiger partial charge in [-0.25, -0.2) is 0 Å². The highest BCUT2D eigenvalue weighted by Crippen LogP contribution is 2.13. The van der Waals surface area contributed by atoms with Gasteiger partial charge in [-0.3, -0.25) is 0 Å². The van der Waals surface area contributed by atoms with Gasteiger partial charge in [-0.15, -0.1) is 6.58 Å². The first-order valence-corrected chi connectivity index (χ1v) is 6.08. The molecule has 0 saturated carbocycles. The zero-order chi connectivity index (χ0) is 11.0. The summed E-state index contributed by atoms with van der Waals surface area (Å²) in [6.45, 7) is 7.74. The zero-order valence-corrected chi connectivity index (χ0v) is 11.1. The van der Waals surface area contributed by atoms with E-state index in [-0.39, 0.29) is 6.10 Å². The summed E-state index contributed by atoms with van der Waals surface area (Å²) in [5, 5.41) is 9.63. The third-order valence-electron chi connectivity index (χ3n) is 2.06. The van der Waals surface area contributed by atoms with Gasteiger partial charge >= 0.3 is 0 Å². The molecule has 14 heavy (non-hydrogen) atoms. The van der Waals surface area contributed by atoms with Crippen LogP contribution in [0.4, 0.5) is 0 Å². The van der Waals surface area contributed by atoms with E-state index in [1.807, 2.05) is 11.0 Å². The Morgan fingerprint density at radius 3 is 2.64 bits per heavy atom. The number of aliphatic hydroxyl groups excluding tert-OH is 1. The van der Waals surface area contributed by atoms with Gasteiger partial charge in [0.2, 0.25) is 0 Å². The molecule has 0 aromatic carbocycles. The van der Waals surface area contributed by atoms with E-state index < -0.39 is 0 Å². The summed E-state index contributed by atoms with van der Waals surface area (Å²) in [7, 11) is 0. The van der Waals surface area contributed by atoms with E-state index in [1.54, 1.807) is 6.08 Å². The van der Waals surface area contributed by atoms with Gasteiger partial charge in [-0.1, -0.05) is 47.7 Å². The number of rotatable bonds is 6. The third kappa shape index (κ3) is 6.38. The van der Waals surface area contributed by atoms with Crippen molar-refractivity contribution in [3.8, 4) is 0 Å². The van der Waals surface area contributed by atoms with Crippen molar-refractivity contribution in [1.29, 1.82) is 0 Å². The number of allylic oxidation sites excluding steroid dienone is 2. The SMILES string of the molecule is C=CC[C@H](O)/C(C)=C/[C@@H](C)C/C=C/I. The molecule has 2 heteroatoms. The molecule has 0 spiro atoms. The van der Waals surface area contributed by atoms with Gasteiger partial charge in [0, 0.05) is 0 Å². The summed E-state index contributed by atoms with van der Waals surface area (Å²) in [6, 6.07) is 0. The Labute approximate surface area is 101 Å². The van der Waals surface area contributed by atoms with Gasteiger partial charge in [-0.05, 0) is 35.3 Å². The van der Waals surface area contributed by atoms with Gasteiger partial charge in [0.05, 0.1) is 6.10 Å². The summed E-state index contributed by atoms with van der Waals surface area (Å²) in [5.41, 5.74) is 1.04. The Hall–Kier alpha value is -0.0900. The van der Waals surface area contributed by atoms with E-state index in [4.69, 9.17) is 0 Å². The van der Waals surface area contributed by atoms with Gasteiger partial charge in [0.1, 0.15) is 0 Å². The fourth-order valence-corrected chi connectivity index (χ4v) is 1.53. The van der Waals surface area contributed by atoms with Crippen molar-refractivity contribution in [2.24, 2.45) is 5.92 Å². The molecule has 80 valence electrons. The molecule has 0 aromatic rings. The van der Waals surface area contributed by atoms with Crippen LogP contribution in [0, 0.1) is 5.92 Å². The van der Waals surface area contributed by atoms with E-state index in [9.17, 15) is 5.11 Å². The smallest absolute Gasteiger partial charge is 0.0781 e. The van der Waals surface area contributed by atoms with Crippen molar-refractivity contribution in [2.75, 3.05) is 0 Å². The van der Waals surface area contributed by atoms with Crippen LogP contribution in [0.25, 0.3) is 0 Å². The van der Waals surface area contributed by atoms with Gasteiger partial charge in [0.15, 0.2) is 0 Å². The molecule has 0 heterocycles. The lowest BCUT2D eigenvalue weighted by molar-refractivity contribution is 0.213. The Kier molecular flexibility index (Phi) is 8.18. The molecule has 0 aromatic heterocycles. The van der Waals surface area contributed by atoms with Crippen LogP contribution in [0.3, 0.4) is 0 Å². The third-order valence-corrected chi connectivity index (χ3v) is 2.57. The highest BCUT2D eigenvalue weighted by atomic mass is 127. The van der Waals surface area contributed by atoms with Gasteiger partial charge in [-0.2, -0.15) is 0 Å². The molecular weight excluding hydrogens is 287 g/mol. The average Bonchev–Trinajstić information content (AvgIpc) is 2.15. The summed E-state index contributed by atoms with van der Waals surface area (Å²) < 4.78 is 2.03. The summed E-state index contributed by atoms with van der Waals surface area (Å²) >= 11 is 2.22. The summed E-state index contributed by atoms with van der Waals surface area (Å²) in [5.74, 6) is 0.487. The van der Waals surface area contributed by atoms with Gasteiger partial charge in [0.25, 0.3) is 0 Å². The first kappa shape index (κ1) is 13.9. The van der Waals surface area contributed by atoms with Crippen molar-refractivity contribution in [2.45, 2.75) is 32.8 Å². The molecule has 0 saturated heterocycles. The lowest BCUT2D eigenvalue weighted by Gasteiger charge is -2.11. The lowest BCUT2D eigenvalue weighted by atomic mass is 10.0. The lowest BCUT2D eigenvalue weighted by Crippen LogP contribution is -2.07. The molecule has 1 N–H and O–H groups in total. The topological polar surface area (TPSA) is 20.2 Å². The molecular formula is C12H19IO. The number of halogens is 1. The van der Waals surface area contributed by atoms with Crippen molar-refractivity contribution in [3.63, 3.8) is 0 Å². The second-order valence-corrected chi connectivity index (χ2v) is 4.24. The maximum Gasteiger partial charge on any atom is 0.0781 e. The quantitative estimate of drug-likeness (QED) is 0.584. The minimum absolute atomic E-state index is 0.362. The molecule has 0 bridgehead atoms. The van der Waals surface area contributed by atoms with Crippen LogP contribution in [0.15, 0.2) is 34.5 Å². The van der Waals surface area contributed by atoms with E-state index >= 15 is 0 Å². The largest absolute Gasteiger partial charge is 0.388 e. The molecule has 2 atom stereocenters. The van der Waals surface area contributed by atoms with Crippen LogP contribution in [-0.4, -0.2) is 11.2 Å². The van der Waals surface area contributed by atoms with Crippen LogP contribution >= 0.6 is 22.6 Å². The Morgan fingerprint density at radius 1 is 1.50 bits per heavy atom. The highest BCUT2D eigenvalue weighted by molar-refractivity contribution is 14.1. The molecule has 0 aliphatic heterocycles. The highest BCUT2D eigenvalue weighted by Gasteiger charge is 2.05. The normalized spacial score (nSPS) is 17.0. The van der Waals surface area contributed by atoms with Crippen LogP contribution in [-0.2, 0) is 0 Å². The van der Waals surface area contributed by atoms with Crippen molar-refractivity contribution >= 4 is 22.6 Å². The second kappa shape index (κ2) is 8.24. The number of hydrogen-bond donors (Lipinski definition) is 1. The minimum Gasteiger partial charge on any atom is -0.388 e. The minimum atomic E-state index is -0.362. The van der Waals surface area contributed by atoms with Gasteiger partial charge < -0.3 is 5.11 Å². The first-order valence-electron chi connectivity index (χ1n) is 4.84. The predicted molar refractivity (Wildman–Crippen MR) is 71.5 cm³/mol. The number of hydrogen-bond acceptors (Lipinski definition) is 1. The standard InChI is InChI=1S/C12H19IO/c1-4-6-12(14)11(3)9-10(2)7-5-8-13/h4-5,8-10,12,14H,1,6-7H2,2-3H3/b8-5+,11-9+/t10-,12-/m0/s1. The molecule has 0 unspecified atom stereocenters. The van der Waals surface area contributed by atoms with E-state index in [0.717, 1.165) is 12.0 Å². The number of aliphatic hydroxyl groups is 1. The molecule has 1 nitrogen and oxygen atoms in total. The Morgan fingerprint density at radius 2 is 2.14 bits per heavy atom. The summed E-state index contributed by atoms with van der Waals surface area (Å²) in [6.07, 6.45) is 7.31.